The van der Waals surface area contributed by atoms with E-state index >= 15 is 0 Å². The van der Waals surface area contributed by atoms with Gasteiger partial charge in [-0.05, 0) is 67.9 Å². The van der Waals surface area contributed by atoms with Crippen LogP contribution in [-0.4, -0.2) is 37.9 Å². The van der Waals surface area contributed by atoms with E-state index in [1.54, 1.807) is 6.07 Å². The molecule has 3 heterocycles. The molecular formula is C23H24N4O. The maximum atomic E-state index is 10.8. The second-order valence-corrected chi connectivity index (χ2v) is 7.51. The Labute approximate surface area is 164 Å². The van der Waals surface area contributed by atoms with E-state index in [-0.39, 0.29) is 6.04 Å². The third-order valence-corrected chi connectivity index (χ3v) is 5.78. The van der Waals surface area contributed by atoms with Crippen molar-refractivity contribution in [3.05, 3.63) is 78.2 Å². The zero-order valence-electron chi connectivity index (χ0n) is 15.8. The summed E-state index contributed by atoms with van der Waals surface area (Å²) in [5.74, 6) is 0.332. The summed E-state index contributed by atoms with van der Waals surface area (Å²) in [6, 6.07) is 16.4. The summed E-state index contributed by atoms with van der Waals surface area (Å²) in [6.45, 7) is 2.08. The van der Waals surface area contributed by atoms with Crippen molar-refractivity contribution in [3.63, 3.8) is 0 Å². The molecular weight excluding hydrogens is 348 g/mol. The molecule has 0 aliphatic carbocycles. The summed E-state index contributed by atoms with van der Waals surface area (Å²) in [5, 5.41) is 19.1. The summed E-state index contributed by atoms with van der Waals surface area (Å²) >= 11 is 0. The number of nitrogens with one attached hydrogen (secondary N) is 1. The van der Waals surface area contributed by atoms with Crippen LogP contribution in [0, 0.1) is 0 Å². The average molecular weight is 372 g/mol. The van der Waals surface area contributed by atoms with Crippen LogP contribution < -0.4 is 0 Å². The summed E-state index contributed by atoms with van der Waals surface area (Å²) in [4.78, 5) is 2.50. The molecule has 5 rings (SSSR count). The molecule has 4 aromatic rings. The van der Waals surface area contributed by atoms with Gasteiger partial charge in [-0.25, -0.2) is 0 Å². The van der Waals surface area contributed by atoms with Gasteiger partial charge in [0.15, 0.2) is 0 Å². The monoisotopic (exact) mass is 372 g/mol. The lowest BCUT2D eigenvalue weighted by molar-refractivity contribution is 0.186. The predicted octanol–water partition coefficient (Wildman–Crippen LogP) is 4.63. The predicted molar refractivity (Wildman–Crippen MR) is 111 cm³/mol. The lowest BCUT2D eigenvalue weighted by Crippen LogP contribution is -2.34. The number of aromatic hydroxyl groups is 1. The van der Waals surface area contributed by atoms with Crippen molar-refractivity contribution >= 4 is 10.9 Å². The van der Waals surface area contributed by atoms with Gasteiger partial charge in [0.2, 0.25) is 0 Å². The number of nitrogens with zero attached hydrogens (tertiary/aromatic N) is 3. The second kappa shape index (κ2) is 7.17. The molecule has 5 heteroatoms. The summed E-state index contributed by atoms with van der Waals surface area (Å²) in [5.41, 5.74) is 4.24. The topological polar surface area (TPSA) is 57.1 Å². The lowest BCUT2D eigenvalue weighted by atomic mass is 9.92. The van der Waals surface area contributed by atoms with Crippen molar-refractivity contribution in [3.8, 4) is 11.4 Å². The minimum absolute atomic E-state index is 0.0142. The number of likely N-dealkylation sites (tertiary alicyclic amines) is 1. The number of piperidine rings is 1. The van der Waals surface area contributed by atoms with Crippen LogP contribution in [0.3, 0.4) is 0 Å². The van der Waals surface area contributed by atoms with Crippen molar-refractivity contribution in [1.29, 1.82) is 0 Å². The molecule has 1 unspecified atom stereocenters. The average Bonchev–Trinajstić information content (AvgIpc) is 3.43. The SMILES string of the molecule is Oc1ccc2[nH]ncc2c1C(c1ccc(-n2cccc2)cc1)N1CCCCC1. The molecule has 1 atom stereocenters. The zero-order valence-corrected chi connectivity index (χ0v) is 15.8. The second-order valence-electron chi connectivity index (χ2n) is 7.51. The number of rotatable bonds is 4. The molecule has 2 aromatic carbocycles. The molecule has 2 aromatic heterocycles. The number of H-pyrrole nitrogens is 1. The number of hydrogen-bond donors (Lipinski definition) is 2. The van der Waals surface area contributed by atoms with Gasteiger partial charge in [-0.15, -0.1) is 0 Å². The minimum Gasteiger partial charge on any atom is -0.508 e. The van der Waals surface area contributed by atoms with E-state index in [0.29, 0.717) is 5.75 Å². The molecule has 0 saturated carbocycles. The molecule has 1 aliphatic heterocycles. The van der Waals surface area contributed by atoms with Gasteiger partial charge in [0.25, 0.3) is 0 Å². The Morgan fingerprint density at radius 3 is 2.43 bits per heavy atom. The fraction of sp³-hybridized carbons (Fsp3) is 0.261. The number of benzene rings is 2. The third kappa shape index (κ3) is 2.98. The van der Waals surface area contributed by atoms with Gasteiger partial charge >= 0.3 is 0 Å². The highest BCUT2D eigenvalue weighted by Gasteiger charge is 2.28. The highest BCUT2D eigenvalue weighted by Crippen LogP contribution is 2.40. The normalized spacial score (nSPS) is 16.4. The first-order chi connectivity index (χ1) is 13.8. The van der Waals surface area contributed by atoms with Crippen molar-refractivity contribution in [2.24, 2.45) is 0 Å². The minimum atomic E-state index is 0.0142. The number of hydrogen-bond acceptors (Lipinski definition) is 3. The summed E-state index contributed by atoms with van der Waals surface area (Å²) < 4.78 is 2.11. The van der Waals surface area contributed by atoms with Crippen LogP contribution in [0.2, 0.25) is 0 Å². The van der Waals surface area contributed by atoms with Crippen LogP contribution in [0.4, 0.5) is 0 Å². The van der Waals surface area contributed by atoms with Gasteiger partial charge in [0.05, 0.1) is 17.8 Å². The van der Waals surface area contributed by atoms with E-state index in [2.05, 4.69) is 56.3 Å². The molecule has 1 aliphatic rings. The van der Waals surface area contributed by atoms with Gasteiger partial charge in [-0.2, -0.15) is 5.10 Å². The van der Waals surface area contributed by atoms with Crippen LogP contribution in [0.1, 0.15) is 36.4 Å². The summed E-state index contributed by atoms with van der Waals surface area (Å²) in [7, 11) is 0. The van der Waals surface area contributed by atoms with E-state index in [1.807, 2.05) is 24.4 Å². The molecule has 5 nitrogen and oxygen atoms in total. The van der Waals surface area contributed by atoms with E-state index in [1.165, 1.54) is 24.8 Å². The van der Waals surface area contributed by atoms with E-state index in [9.17, 15) is 5.11 Å². The van der Waals surface area contributed by atoms with Crippen LogP contribution in [0.25, 0.3) is 16.6 Å². The molecule has 0 spiro atoms. The Kier molecular flexibility index (Phi) is 4.37. The van der Waals surface area contributed by atoms with Gasteiger partial charge in [0.1, 0.15) is 5.75 Å². The van der Waals surface area contributed by atoms with Crippen LogP contribution in [-0.2, 0) is 0 Å². The maximum absolute atomic E-state index is 10.8. The van der Waals surface area contributed by atoms with Gasteiger partial charge in [0, 0.05) is 29.0 Å². The third-order valence-electron chi connectivity index (χ3n) is 5.78. The highest BCUT2D eigenvalue weighted by atomic mass is 16.3. The fourth-order valence-electron chi connectivity index (χ4n) is 4.39. The van der Waals surface area contributed by atoms with Crippen LogP contribution in [0.5, 0.6) is 5.75 Å². The Morgan fingerprint density at radius 1 is 0.929 bits per heavy atom. The molecule has 0 radical (unpaired) electrons. The Morgan fingerprint density at radius 2 is 1.68 bits per heavy atom. The number of phenols is 1. The van der Waals surface area contributed by atoms with Crippen molar-refractivity contribution in [1.82, 2.24) is 19.7 Å². The van der Waals surface area contributed by atoms with Gasteiger partial charge in [-0.1, -0.05) is 18.6 Å². The van der Waals surface area contributed by atoms with Gasteiger partial charge in [-0.3, -0.25) is 10.00 Å². The van der Waals surface area contributed by atoms with Crippen molar-refractivity contribution in [2.45, 2.75) is 25.3 Å². The molecule has 142 valence electrons. The largest absolute Gasteiger partial charge is 0.508 e. The lowest BCUT2D eigenvalue weighted by Gasteiger charge is -2.35. The Hall–Kier alpha value is -3.05. The smallest absolute Gasteiger partial charge is 0.121 e. The molecule has 1 fully saturated rings. The van der Waals surface area contributed by atoms with Crippen molar-refractivity contribution in [2.75, 3.05) is 13.1 Å². The van der Waals surface area contributed by atoms with E-state index in [0.717, 1.165) is 35.2 Å². The first-order valence-corrected chi connectivity index (χ1v) is 9.93. The van der Waals surface area contributed by atoms with E-state index in [4.69, 9.17) is 0 Å². The quantitative estimate of drug-likeness (QED) is 0.549. The number of aromatic amines is 1. The Balaban J connectivity index is 1.62. The molecule has 2 N–H and O–H groups in total. The first-order valence-electron chi connectivity index (χ1n) is 9.93. The van der Waals surface area contributed by atoms with Gasteiger partial charge < -0.3 is 9.67 Å². The van der Waals surface area contributed by atoms with Crippen LogP contribution >= 0.6 is 0 Å². The highest BCUT2D eigenvalue weighted by molar-refractivity contribution is 5.85. The molecule has 1 saturated heterocycles. The van der Waals surface area contributed by atoms with Crippen molar-refractivity contribution < 1.29 is 5.11 Å². The first kappa shape index (κ1) is 17.1. The zero-order chi connectivity index (χ0) is 18.9. The van der Waals surface area contributed by atoms with Crippen LogP contribution in [0.15, 0.2) is 67.1 Å². The molecule has 0 bridgehead atoms. The van der Waals surface area contributed by atoms with E-state index < -0.39 is 0 Å². The number of aromatic nitrogens is 3. The molecule has 0 amide bonds. The Bertz CT molecular complexity index is 1060. The number of phenolic OH excluding ortho intramolecular Hbond substituents is 1. The number of fused-ring (bicyclic) bond motifs is 1. The summed E-state index contributed by atoms with van der Waals surface area (Å²) in [6.07, 6.45) is 9.59. The standard InChI is InChI=1S/C23H24N4O/c28-21-11-10-20-19(16-24-25-20)22(21)23(27-14-2-1-3-15-27)17-6-8-18(9-7-17)26-12-4-5-13-26/h4-13,16,23,28H,1-3,14-15H2,(H,24,25). The maximum Gasteiger partial charge on any atom is 0.121 e. The fourth-order valence-corrected chi connectivity index (χ4v) is 4.39. The molecule has 28 heavy (non-hydrogen) atoms.